The minimum Gasteiger partial charge on any atom is -0.497 e. The fourth-order valence-electron chi connectivity index (χ4n) is 2.93. The van der Waals surface area contributed by atoms with Crippen LogP contribution in [0.1, 0.15) is 39.0 Å². The van der Waals surface area contributed by atoms with Gasteiger partial charge in [0.25, 0.3) is 0 Å². The molecule has 0 amide bonds. The number of hydrogen-bond donors (Lipinski definition) is 0. The average Bonchev–Trinajstić information content (AvgIpc) is 3.13. The van der Waals surface area contributed by atoms with Crippen molar-refractivity contribution >= 4 is 24.0 Å². The van der Waals surface area contributed by atoms with E-state index in [1.165, 1.54) is 17.0 Å². The molecule has 1 heterocycles. The van der Waals surface area contributed by atoms with Gasteiger partial charge >= 0.3 is 11.9 Å². The minimum absolute atomic E-state index is 0.138. The number of rotatable bonds is 8. The number of carbonyl (C=O) groups is 2. The summed E-state index contributed by atoms with van der Waals surface area (Å²) in [6, 6.07) is 18.0. The van der Waals surface area contributed by atoms with Crippen molar-refractivity contribution in [3.05, 3.63) is 83.2 Å². The van der Waals surface area contributed by atoms with Gasteiger partial charge in [0, 0.05) is 5.69 Å². The van der Waals surface area contributed by atoms with Gasteiger partial charge in [-0.15, -0.1) is 0 Å². The molecule has 0 atom stereocenters. The fraction of sp³-hybridized carbons (Fsp3) is 0.208. The van der Waals surface area contributed by atoms with Crippen LogP contribution in [0.15, 0.2) is 65.7 Å². The summed E-state index contributed by atoms with van der Waals surface area (Å²) in [6.07, 6.45) is 1.48. The van der Waals surface area contributed by atoms with Crippen LogP contribution in [0.2, 0.25) is 0 Å². The van der Waals surface area contributed by atoms with E-state index in [1.807, 2.05) is 30.3 Å². The van der Waals surface area contributed by atoms with Crippen molar-refractivity contribution < 1.29 is 23.8 Å². The summed E-state index contributed by atoms with van der Waals surface area (Å²) >= 11 is 0. The number of carbonyl (C=O) groups excluding carboxylic acids is 2. The molecule has 7 nitrogen and oxygen atoms in total. The molecule has 31 heavy (non-hydrogen) atoms. The van der Waals surface area contributed by atoms with E-state index in [4.69, 9.17) is 14.2 Å². The van der Waals surface area contributed by atoms with E-state index in [0.29, 0.717) is 17.1 Å². The highest BCUT2D eigenvalue weighted by Gasteiger charge is 2.23. The number of benzene rings is 2. The van der Waals surface area contributed by atoms with Crippen molar-refractivity contribution in [2.45, 2.75) is 20.5 Å². The zero-order chi connectivity index (χ0) is 22.2. The number of methoxy groups -OCH3 is 1. The van der Waals surface area contributed by atoms with E-state index in [2.05, 4.69) is 4.99 Å². The standard InChI is InChI=1S/C24H24N2O5/c1-4-30-24(28)22-14-21(23(27)31-15-18-8-6-5-7-9-18)17(2)26(22)16-25-19-10-12-20(29-3)13-11-19/h5-14,16H,4,15H2,1-3H3. The molecule has 0 bridgehead atoms. The Kier molecular flexibility index (Phi) is 7.22. The monoisotopic (exact) mass is 420 g/mol. The number of aliphatic imine (C=N–C) groups is 1. The smallest absolute Gasteiger partial charge is 0.355 e. The molecule has 3 rings (SSSR count). The molecular formula is C24H24N2O5. The first-order valence-electron chi connectivity index (χ1n) is 9.81. The molecule has 0 aliphatic rings. The van der Waals surface area contributed by atoms with E-state index in [0.717, 1.165) is 5.56 Å². The average molecular weight is 420 g/mol. The molecule has 0 saturated carbocycles. The normalized spacial score (nSPS) is 10.8. The molecule has 0 spiro atoms. The maximum atomic E-state index is 12.7. The molecule has 0 radical (unpaired) electrons. The van der Waals surface area contributed by atoms with E-state index >= 15 is 0 Å². The number of esters is 2. The second-order valence-electron chi connectivity index (χ2n) is 6.62. The molecule has 1 aromatic heterocycles. The Hall–Kier alpha value is -3.87. The summed E-state index contributed by atoms with van der Waals surface area (Å²) < 4.78 is 17.2. The van der Waals surface area contributed by atoms with Crippen molar-refractivity contribution in [1.29, 1.82) is 0 Å². The first-order valence-corrected chi connectivity index (χ1v) is 9.81. The van der Waals surface area contributed by atoms with Crippen molar-refractivity contribution in [2.75, 3.05) is 13.7 Å². The van der Waals surface area contributed by atoms with E-state index in [-0.39, 0.29) is 24.5 Å². The van der Waals surface area contributed by atoms with Gasteiger partial charge in [0.2, 0.25) is 0 Å². The maximum Gasteiger partial charge on any atom is 0.355 e. The Morgan fingerprint density at radius 2 is 1.71 bits per heavy atom. The van der Waals surface area contributed by atoms with Crippen LogP contribution >= 0.6 is 0 Å². The first-order chi connectivity index (χ1) is 15.0. The quantitative estimate of drug-likeness (QED) is 0.304. The molecular weight excluding hydrogens is 396 g/mol. The van der Waals surface area contributed by atoms with Crippen molar-refractivity contribution in [3.63, 3.8) is 0 Å². The predicted octanol–water partition coefficient (Wildman–Crippen LogP) is 4.55. The van der Waals surface area contributed by atoms with Crippen LogP contribution in [-0.4, -0.2) is 36.6 Å². The van der Waals surface area contributed by atoms with Crippen LogP contribution in [0.25, 0.3) is 0 Å². The van der Waals surface area contributed by atoms with Gasteiger partial charge in [-0.1, -0.05) is 30.3 Å². The zero-order valence-corrected chi connectivity index (χ0v) is 17.7. The Morgan fingerprint density at radius 1 is 1.00 bits per heavy atom. The second kappa shape index (κ2) is 10.2. The van der Waals surface area contributed by atoms with Crippen LogP contribution in [0.4, 0.5) is 5.69 Å². The van der Waals surface area contributed by atoms with E-state index in [9.17, 15) is 9.59 Å². The minimum atomic E-state index is -0.547. The lowest BCUT2D eigenvalue weighted by molar-refractivity contribution is 0.0471. The van der Waals surface area contributed by atoms with Crippen molar-refractivity contribution in [1.82, 2.24) is 4.57 Å². The molecule has 0 aliphatic carbocycles. The first kappa shape index (κ1) is 21.8. The topological polar surface area (TPSA) is 79.1 Å². The molecule has 7 heteroatoms. The largest absolute Gasteiger partial charge is 0.497 e. The Balaban J connectivity index is 1.87. The number of ether oxygens (including phenoxy) is 3. The lowest BCUT2D eigenvalue weighted by atomic mass is 10.2. The molecule has 0 saturated heterocycles. The second-order valence-corrected chi connectivity index (χ2v) is 6.62. The van der Waals surface area contributed by atoms with Gasteiger partial charge in [-0.2, -0.15) is 0 Å². The third-order valence-electron chi connectivity index (χ3n) is 4.60. The number of hydrogen-bond acceptors (Lipinski definition) is 6. The van der Waals surface area contributed by atoms with Crippen LogP contribution < -0.4 is 4.74 Å². The molecule has 0 N–H and O–H groups in total. The van der Waals surface area contributed by atoms with Gasteiger partial charge in [-0.3, -0.25) is 4.57 Å². The molecule has 3 aromatic rings. The van der Waals surface area contributed by atoms with E-state index in [1.54, 1.807) is 45.2 Å². The van der Waals surface area contributed by atoms with Crippen LogP contribution in [0.3, 0.4) is 0 Å². The highest BCUT2D eigenvalue weighted by molar-refractivity contribution is 5.98. The highest BCUT2D eigenvalue weighted by atomic mass is 16.5. The summed E-state index contributed by atoms with van der Waals surface area (Å²) in [5, 5.41) is 0. The molecule has 2 aromatic carbocycles. The molecule has 0 aliphatic heterocycles. The van der Waals surface area contributed by atoms with Crippen LogP contribution in [0, 0.1) is 6.92 Å². The van der Waals surface area contributed by atoms with Crippen molar-refractivity contribution in [3.8, 4) is 5.75 Å². The summed E-state index contributed by atoms with van der Waals surface area (Å²) in [7, 11) is 1.59. The van der Waals surface area contributed by atoms with Gasteiger partial charge in [0.15, 0.2) is 0 Å². The predicted molar refractivity (Wildman–Crippen MR) is 117 cm³/mol. The number of aromatic nitrogens is 1. The van der Waals surface area contributed by atoms with Gasteiger partial charge in [0.05, 0.1) is 25.0 Å². The fourth-order valence-corrected chi connectivity index (χ4v) is 2.93. The third-order valence-corrected chi connectivity index (χ3v) is 4.60. The molecule has 160 valence electrons. The summed E-state index contributed by atoms with van der Waals surface area (Å²) in [5.74, 6) is -0.357. The highest BCUT2D eigenvalue weighted by Crippen LogP contribution is 2.20. The van der Waals surface area contributed by atoms with Crippen LogP contribution in [-0.2, 0) is 16.1 Å². The Bertz CT molecular complexity index is 1070. The van der Waals surface area contributed by atoms with Gasteiger partial charge in [0.1, 0.15) is 24.4 Å². The summed E-state index contributed by atoms with van der Waals surface area (Å²) in [5.41, 5.74) is 2.54. The third kappa shape index (κ3) is 5.39. The Morgan fingerprint density at radius 3 is 2.35 bits per heavy atom. The Labute approximate surface area is 180 Å². The lowest BCUT2D eigenvalue weighted by Gasteiger charge is -2.06. The number of nitrogens with zero attached hydrogens (tertiary/aromatic N) is 2. The molecule has 0 unspecified atom stereocenters. The molecule has 0 fully saturated rings. The SMILES string of the molecule is CCOC(=O)c1cc(C(=O)OCc2ccccc2)c(C)n1C=Nc1ccc(OC)cc1. The summed E-state index contributed by atoms with van der Waals surface area (Å²) in [4.78, 5) is 29.5. The van der Waals surface area contributed by atoms with Crippen molar-refractivity contribution in [2.24, 2.45) is 4.99 Å². The van der Waals surface area contributed by atoms with Gasteiger partial charge in [-0.25, -0.2) is 14.6 Å². The van der Waals surface area contributed by atoms with Crippen LogP contribution in [0.5, 0.6) is 5.75 Å². The lowest BCUT2D eigenvalue weighted by Crippen LogP contribution is -2.13. The van der Waals surface area contributed by atoms with E-state index < -0.39 is 11.9 Å². The maximum absolute atomic E-state index is 12.7. The summed E-state index contributed by atoms with van der Waals surface area (Å²) in [6.45, 7) is 3.80. The van der Waals surface area contributed by atoms with Gasteiger partial charge in [-0.05, 0) is 49.7 Å². The zero-order valence-electron chi connectivity index (χ0n) is 17.7. The van der Waals surface area contributed by atoms with Gasteiger partial charge < -0.3 is 14.2 Å².